The summed E-state index contributed by atoms with van der Waals surface area (Å²) in [5.41, 5.74) is 3.98. The number of halogens is 4. The van der Waals surface area contributed by atoms with Crippen LogP contribution in [0.2, 0.25) is 0 Å². The summed E-state index contributed by atoms with van der Waals surface area (Å²) in [6.07, 6.45) is -3.80. The molecule has 0 bridgehead atoms. The number of hydrogen-bond donors (Lipinski definition) is 1. The molecule has 3 nitrogen and oxygen atoms in total. The number of anilines is 1. The van der Waals surface area contributed by atoms with Gasteiger partial charge >= 0.3 is 6.18 Å². The van der Waals surface area contributed by atoms with Crippen molar-refractivity contribution in [1.29, 1.82) is 0 Å². The van der Waals surface area contributed by atoms with E-state index in [-0.39, 0.29) is 24.2 Å². The van der Waals surface area contributed by atoms with Gasteiger partial charge in [-0.25, -0.2) is 0 Å². The SMILES string of the molecule is CNC(=O)[C@@H](c1ccccc1)N(CC[C@@H](c1ccc(C(F)(F)F)cc1)c1cccc(C)c1)c1ccccc1.Cl. The van der Waals surface area contributed by atoms with Crippen LogP contribution < -0.4 is 10.2 Å². The number of hydrogen-bond acceptors (Lipinski definition) is 2. The molecule has 1 amide bonds. The Hall–Kier alpha value is -3.77. The molecular formula is C32H32ClF3N2O. The summed E-state index contributed by atoms with van der Waals surface area (Å²) < 4.78 is 39.8. The van der Waals surface area contributed by atoms with Gasteiger partial charge in [-0.1, -0.05) is 90.5 Å². The molecule has 4 aromatic carbocycles. The second-order valence-electron chi connectivity index (χ2n) is 9.33. The maximum absolute atomic E-state index is 13.3. The van der Waals surface area contributed by atoms with E-state index >= 15 is 0 Å². The van der Waals surface area contributed by atoms with E-state index in [9.17, 15) is 18.0 Å². The van der Waals surface area contributed by atoms with Crippen LogP contribution in [0.15, 0.2) is 109 Å². The van der Waals surface area contributed by atoms with Crippen molar-refractivity contribution in [2.75, 3.05) is 18.5 Å². The highest BCUT2D eigenvalue weighted by molar-refractivity contribution is 5.86. The molecule has 204 valence electrons. The Kier molecular flexibility index (Phi) is 10.2. The van der Waals surface area contributed by atoms with E-state index < -0.39 is 17.8 Å². The van der Waals surface area contributed by atoms with Crippen molar-refractivity contribution >= 4 is 24.0 Å². The average Bonchev–Trinajstić information content (AvgIpc) is 2.93. The molecule has 0 aliphatic rings. The molecule has 0 aromatic heterocycles. The predicted octanol–water partition coefficient (Wildman–Crippen LogP) is 7.95. The first kappa shape index (κ1) is 29.8. The van der Waals surface area contributed by atoms with Crippen LogP contribution in [0.25, 0.3) is 0 Å². The molecule has 0 saturated carbocycles. The summed E-state index contributed by atoms with van der Waals surface area (Å²) >= 11 is 0. The van der Waals surface area contributed by atoms with E-state index in [0.29, 0.717) is 13.0 Å². The van der Waals surface area contributed by atoms with Crippen LogP contribution in [0.5, 0.6) is 0 Å². The summed E-state index contributed by atoms with van der Waals surface area (Å²) in [4.78, 5) is 15.3. The Morgan fingerprint density at radius 2 is 1.38 bits per heavy atom. The predicted molar refractivity (Wildman–Crippen MR) is 153 cm³/mol. The lowest BCUT2D eigenvalue weighted by Gasteiger charge is -2.34. The molecule has 0 aliphatic carbocycles. The zero-order chi connectivity index (χ0) is 27.1. The highest BCUT2D eigenvalue weighted by Crippen LogP contribution is 2.35. The molecule has 2 atom stereocenters. The lowest BCUT2D eigenvalue weighted by Crippen LogP contribution is -2.40. The van der Waals surface area contributed by atoms with Gasteiger partial charge in [0.05, 0.1) is 5.56 Å². The fourth-order valence-corrected chi connectivity index (χ4v) is 4.86. The first-order valence-corrected chi connectivity index (χ1v) is 12.6. The molecule has 1 N–H and O–H groups in total. The van der Waals surface area contributed by atoms with Crippen molar-refractivity contribution in [1.82, 2.24) is 5.32 Å². The van der Waals surface area contributed by atoms with Crippen LogP contribution in [0, 0.1) is 6.92 Å². The van der Waals surface area contributed by atoms with Crippen molar-refractivity contribution in [3.05, 3.63) is 137 Å². The Bertz CT molecular complexity index is 1330. The number of nitrogens with one attached hydrogen (secondary N) is 1. The standard InChI is InChI=1S/C32H31F3N2O.ClH/c1-23-10-9-13-26(22-23)29(24-16-18-27(19-17-24)32(33,34)35)20-21-37(28-14-7-4-8-15-28)30(31(38)36-2)25-11-5-3-6-12-25;/h3-19,22,29-30H,20-21H2,1-2H3,(H,36,38);1H/t29-,30+;/m0./s1. The monoisotopic (exact) mass is 552 g/mol. The minimum Gasteiger partial charge on any atom is -0.357 e. The number of benzene rings is 4. The molecule has 39 heavy (non-hydrogen) atoms. The Balaban J connectivity index is 0.00000420. The molecule has 0 radical (unpaired) electrons. The molecule has 0 spiro atoms. The van der Waals surface area contributed by atoms with Crippen LogP contribution in [0.4, 0.5) is 18.9 Å². The van der Waals surface area contributed by atoms with Crippen molar-refractivity contribution in [2.45, 2.75) is 31.5 Å². The van der Waals surface area contributed by atoms with Gasteiger partial charge in [0.15, 0.2) is 0 Å². The molecule has 0 unspecified atom stereocenters. The molecule has 0 fully saturated rings. The number of likely N-dealkylation sites (N-methyl/N-ethyl adjacent to an activating group) is 1. The second-order valence-corrected chi connectivity index (χ2v) is 9.33. The summed E-state index contributed by atoms with van der Waals surface area (Å²) in [6, 6.07) is 32.2. The first-order chi connectivity index (χ1) is 18.3. The number of rotatable bonds is 9. The van der Waals surface area contributed by atoms with Gasteiger partial charge in [-0.05, 0) is 54.3 Å². The molecule has 0 heterocycles. The lowest BCUT2D eigenvalue weighted by atomic mass is 9.87. The number of amides is 1. The zero-order valence-corrected chi connectivity index (χ0v) is 22.7. The highest BCUT2D eigenvalue weighted by Gasteiger charge is 2.31. The van der Waals surface area contributed by atoms with Gasteiger partial charge in [0.25, 0.3) is 0 Å². The summed E-state index contributed by atoms with van der Waals surface area (Å²) in [5, 5.41) is 2.81. The van der Waals surface area contributed by atoms with Crippen molar-refractivity contribution in [3.8, 4) is 0 Å². The Morgan fingerprint density at radius 3 is 1.95 bits per heavy atom. The van der Waals surface area contributed by atoms with Crippen molar-refractivity contribution < 1.29 is 18.0 Å². The third kappa shape index (κ3) is 7.42. The number of alkyl halides is 3. The van der Waals surface area contributed by atoms with Gasteiger partial charge in [0.1, 0.15) is 6.04 Å². The van der Waals surface area contributed by atoms with Gasteiger partial charge in [0.2, 0.25) is 5.91 Å². The lowest BCUT2D eigenvalue weighted by molar-refractivity contribution is -0.137. The van der Waals surface area contributed by atoms with Crippen LogP contribution >= 0.6 is 12.4 Å². The molecule has 7 heteroatoms. The Morgan fingerprint density at radius 1 is 0.795 bits per heavy atom. The highest BCUT2D eigenvalue weighted by atomic mass is 35.5. The van der Waals surface area contributed by atoms with E-state index in [4.69, 9.17) is 0 Å². The molecule has 0 aliphatic heterocycles. The maximum Gasteiger partial charge on any atom is 0.416 e. The second kappa shape index (κ2) is 13.3. The molecule has 0 saturated heterocycles. The van der Waals surface area contributed by atoms with Gasteiger partial charge in [-0.2, -0.15) is 13.2 Å². The number of carbonyl (C=O) groups excluding carboxylic acids is 1. The summed E-state index contributed by atoms with van der Waals surface area (Å²) in [5.74, 6) is -0.300. The normalized spacial score (nSPS) is 12.6. The van der Waals surface area contributed by atoms with E-state index in [1.165, 1.54) is 0 Å². The van der Waals surface area contributed by atoms with Crippen LogP contribution in [-0.2, 0) is 11.0 Å². The molecular weight excluding hydrogens is 521 g/mol. The minimum atomic E-state index is -4.39. The first-order valence-electron chi connectivity index (χ1n) is 12.6. The topological polar surface area (TPSA) is 32.3 Å². The van der Waals surface area contributed by atoms with Gasteiger partial charge in [0, 0.05) is 25.2 Å². The fourth-order valence-electron chi connectivity index (χ4n) is 4.86. The van der Waals surface area contributed by atoms with Crippen molar-refractivity contribution in [2.24, 2.45) is 0 Å². The average molecular weight is 553 g/mol. The van der Waals surface area contributed by atoms with Gasteiger partial charge in [-0.15, -0.1) is 12.4 Å². The van der Waals surface area contributed by atoms with Crippen molar-refractivity contribution in [3.63, 3.8) is 0 Å². The smallest absolute Gasteiger partial charge is 0.357 e. The molecule has 4 rings (SSSR count). The van der Waals surface area contributed by atoms with E-state index in [0.717, 1.165) is 40.1 Å². The van der Waals surface area contributed by atoms with Crippen LogP contribution in [0.1, 0.15) is 46.2 Å². The zero-order valence-electron chi connectivity index (χ0n) is 21.9. The van der Waals surface area contributed by atoms with Crippen LogP contribution in [-0.4, -0.2) is 19.5 Å². The Labute approximate surface area is 234 Å². The van der Waals surface area contributed by atoms with E-state index in [1.54, 1.807) is 19.2 Å². The van der Waals surface area contributed by atoms with Crippen LogP contribution in [0.3, 0.4) is 0 Å². The number of nitrogens with zero attached hydrogens (tertiary/aromatic N) is 1. The number of para-hydroxylation sites is 1. The summed E-state index contributed by atoms with van der Waals surface area (Å²) in [7, 11) is 1.62. The third-order valence-corrected chi connectivity index (χ3v) is 6.75. The quantitative estimate of drug-likeness (QED) is 0.228. The molecule has 4 aromatic rings. The minimum absolute atomic E-state index is 0. The third-order valence-electron chi connectivity index (χ3n) is 6.75. The van der Waals surface area contributed by atoms with E-state index in [1.807, 2.05) is 85.8 Å². The van der Waals surface area contributed by atoms with Gasteiger partial charge in [-0.3, -0.25) is 4.79 Å². The van der Waals surface area contributed by atoms with Gasteiger partial charge < -0.3 is 10.2 Å². The maximum atomic E-state index is 13.3. The fraction of sp³-hybridized carbons (Fsp3) is 0.219. The van der Waals surface area contributed by atoms with E-state index in [2.05, 4.69) is 16.3 Å². The number of carbonyl (C=O) groups is 1. The number of aryl methyl sites for hydroxylation is 1. The summed E-state index contributed by atoms with van der Waals surface area (Å²) in [6.45, 7) is 2.50. The largest absolute Gasteiger partial charge is 0.416 e.